The van der Waals surface area contributed by atoms with Gasteiger partial charge in [0.25, 0.3) is 0 Å². The van der Waals surface area contributed by atoms with Crippen LogP contribution in [0.1, 0.15) is 16.0 Å². The average molecular weight is 315 g/mol. The fraction of sp³-hybridized carbons (Fsp3) is 0.250. The minimum atomic E-state index is -0.523. The molecule has 0 saturated carbocycles. The molecule has 0 unspecified atom stereocenters. The number of carbonyl (C=O) groups excluding carboxylic acids is 1. The van der Waals surface area contributed by atoms with Gasteiger partial charge in [-0.2, -0.15) is 5.26 Å². The zero-order chi connectivity index (χ0) is 15.5. The summed E-state index contributed by atoms with van der Waals surface area (Å²) in [5, 5.41) is 13.6. The molecule has 3 rings (SSSR count). The van der Waals surface area contributed by atoms with Crippen LogP contribution in [0.3, 0.4) is 0 Å². The largest absolute Gasteiger partial charge is 0.374 e. The zero-order valence-corrected chi connectivity index (χ0v) is 12.6. The molecular formula is C16H14FN3OS. The molecule has 1 aliphatic rings. The monoisotopic (exact) mass is 315 g/mol. The zero-order valence-electron chi connectivity index (χ0n) is 11.8. The Morgan fingerprint density at radius 3 is 3.09 bits per heavy atom. The highest BCUT2D eigenvalue weighted by atomic mass is 32.1. The van der Waals surface area contributed by atoms with Crippen molar-refractivity contribution in [3.63, 3.8) is 0 Å². The van der Waals surface area contributed by atoms with E-state index in [1.54, 1.807) is 16.2 Å². The van der Waals surface area contributed by atoms with Gasteiger partial charge in [0.15, 0.2) is 0 Å². The molecule has 4 nitrogen and oxygen atoms in total. The standard InChI is InChI=1S/C16H14FN3OS/c17-13-7-11(8-18)1-2-14(13)19-9-16(21)20-5-3-15-12(10-20)4-6-22-15/h1-2,4,6-7,19H,3,5,9-10H2. The molecule has 112 valence electrons. The van der Waals surface area contributed by atoms with Gasteiger partial charge in [-0.1, -0.05) is 0 Å². The summed E-state index contributed by atoms with van der Waals surface area (Å²) < 4.78 is 13.7. The summed E-state index contributed by atoms with van der Waals surface area (Å²) in [6.45, 7) is 1.36. The maximum absolute atomic E-state index is 13.7. The summed E-state index contributed by atoms with van der Waals surface area (Å²) in [6, 6.07) is 8.09. The molecule has 22 heavy (non-hydrogen) atoms. The number of hydrogen-bond acceptors (Lipinski definition) is 4. The summed E-state index contributed by atoms with van der Waals surface area (Å²) in [6.07, 6.45) is 0.879. The molecule has 1 aromatic carbocycles. The first kappa shape index (κ1) is 14.5. The lowest BCUT2D eigenvalue weighted by Gasteiger charge is -2.27. The quantitative estimate of drug-likeness (QED) is 0.947. The van der Waals surface area contributed by atoms with E-state index >= 15 is 0 Å². The van der Waals surface area contributed by atoms with E-state index in [4.69, 9.17) is 5.26 Å². The van der Waals surface area contributed by atoms with Crippen LogP contribution in [0.15, 0.2) is 29.6 Å². The number of amides is 1. The predicted octanol–water partition coefficient (Wildman–Crippen LogP) is 2.76. The Labute approximate surface area is 131 Å². The van der Waals surface area contributed by atoms with Gasteiger partial charge in [-0.25, -0.2) is 4.39 Å². The number of nitrogens with zero attached hydrogens (tertiary/aromatic N) is 2. The summed E-state index contributed by atoms with van der Waals surface area (Å²) >= 11 is 1.73. The molecule has 2 aromatic rings. The maximum atomic E-state index is 13.7. The van der Waals surface area contributed by atoms with Gasteiger partial charge < -0.3 is 10.2 Å². The first-order chi connectivity index (χ1) is 10.7. The minimum Gasteiger partial charge on any atom is -0.374 e. The second-order valence-corrected chi connectivity index (χ2v) is 6.09. The van der Waals surface area contributed by atoms with E-state index in [1.807, 2.05) is 17.5 Å². The second-order valence-electron chi connectivity index (χ2n) is 5.09. The summed E-state index contributed by atoms with van der Waals surface area (Å²) in [4.78, 5) is 15.4. The van der Waals surface area contributed by atoms with Crippen LogP contribution >= 0.6 is 11.3 Å². The second kappa shape index (κ2) is 6.16. The number of benzene rings is 1. The lowest BCUT2D eigenvalue weighted by atomic mass is 10.1. The van der Waals surface area contributed by atoms with Crippen LogP contribution in [-0.4, -0.2) is 23.9 Å². The van der Waals surface area contributed by atoms with Gasteiger partial charge >= 0.3 is 0 Å². The topological polar surface area (TPSA) is 56.1 Å². The Morgan fingerprint density at radius 2 is 2.32 bits per heavy atom. The smallest absolute Gasteiger partial charge is 0.242 e. The van der Waals surface area contributed by atoms with E-state index in [-0.39, 0.29) is 23.7 Å². The van der Waals surface area contributed by atoms with E-state index in [2.05, 4.69) is 5.32 Å². The van der Waals surface area contributed by atoms with Crippen LogP contribution in [0, 0.1) is 17.1 Å². The highest BCUT2D eigenvalue weighted by molar-refractivity contribution is 7.10. The number of hydrogen-bond donors (Lipinski definition) is 1. The molecule has 0 spiro atoms. The van der Waals surface area contributed by atoms with Crippen LogP contribution in [0.5, 0.6) is 0 Å². The van der Waals surface area contributed by atoms with E-state index < -0.39 is 5.82 Å². The van der Waals surface area contributed by atoms with Crippen molar-refractivity contribution >= 4 is 22.9 Å². The predicted molar refractivity (Wildman–Crippen MR) is 83.0 cm³/mol. The van der Waals surface area contributed by atoms with Crippen molar-refractivity contribution in [3.8, 4) is 6.07 Å². The maximum Gasteiger partial charge on any atom is 0.242 e. The number of rotatable bonds is 3. The number of nitrogens with one attached hydrogen (secondary N) is 1. The lowest BCUT2D eigenvalue weighted by Crippen LogP contribution is -2.38. The SMILES string of the molecule is N#Cc1ccc(NCC(=O)N2CCc3sccc3C2)c(F)c1. The molecular weight excluding hydrogens is 301 g/mol. The van der Waals surface area contributed by atoms with Crippen molar-refractivity contribution in [2.24, 2.45) is 0 Å². The van der Waals surface area contributed by atoms with Crippen molar-refractivity contribution < 1.29 is 9.18 Å². The average Bonchev–Trinajstić information content (AvgIpc) is 3.00. The normalized spacial score (nSPS) is 13.4. The van der Waals surface area contributed by atoms with E-state index in [9.17, 15) is 9.18 Å². The van der Waals surface area contributed by atoms with E-state index in [0.717, 1.165) is 12.5 Å². The lowest BCUT2D eigenvalue weighted by molar-refractivity contribution is -0.130. The van der Waals surface area contributed by atoms with Crippen LogP contribution in [0.4, 0.5) is 10.1 Å². The number of nitriles is 1. The summed E-state index contributed by atoms with van der Waals surface area (Å²) in [5.74, 6) is -0.578. The molecule has 6 heteroatoms. The van der Waals surface area contributed by atoms with Gasteiger partial charge in [-0.3, -0.25) is 4.79 Å². The van der Waals surface area contributed by atoms with Gasteiger partial charge in [-0.05, 0) is 41.6 Å². The Balaban J connectivity index is 1.60. The molecule has 0 radical (unpaired) electrons. The van der Waals surface area contributed by atoms with Gasteiger partial charge in [0.1, 0.15) is 5.82 Å². The number of fused-ring (bicyclic) bond motifs is 1. The first-order valence-electron chi connectivity index (χ1n) is 6.94. The Morgan fingerprint density at radius 1 is 1.45 bits per heavy atom. The number of thiophene rings is 1. The Kier molecular flexibility index (Phi) is 4.07. The molecule has 0 saturated heterocycles. The van der Waals surface area contributed by atoms with Crippen molar-refractivity contribution in [1.82, 2.24) is 4.90 Å². The van der Waals surface area contributed by atoms with Gasteiger partial charge in [0.2, 0.25) is 5.91 Å². The third kappa shape index (κ3) is 2.95. The highest BCUT2D eigenvalue weighted by Gasteiger charge is 2.21. The van der Waals surface area contributed by atoms with Crippen molar-refractivity contribution in [1.29, 1.82) is 5.26 Å². The van der Waals surface area contributed by atoms with Gasteiger partial charge in [0.05, 0.1) is 23.9 Å². The minimum absolute atomic E-state index is 0.0439. The van der Waals surface area contributed by atoms with Crippen LogP contribution in [-0.2, 0) is 17.8 Å². The molecule has 1 N–H and O–H groups in total. The molecule has 0 bridgehead atoms. The summed E-state index contributed by atoms with van der Waals surface area (Å²) in [7, 11) is 0. The van der Waals surface area contributed by atoms with Crippen molar-refractivity contribution in [3.05, 3.63) is 51.5 Å². The van der Waals surface area contributed by atoms with Crippen LogP contribution < -0.4 is 5.32 Å². The number of anilines is 1. The first-order valence-corrected chi connectivity index (χ1v) is 7.82. The van der Waals surface area contributed by atoms with Crippen molar-refractivity contribution in [2.75, 3.05) is 18.4 Å². The molecule has 0 aliphatic carbocycles. The highest BCUT2D eigenvalue weighted by Crippen LogP contribution is 2.24. The van der Waals surface area contributed by atoms with Gasteiger partial charge in [0, 0.05) is 18.0 Å². The van der Waals surface area contributed by atoms with Crippen LogP contribution in [0.25, 0.3) is 0 Å². The number of halogens is 1. The molecule has 0 fully saturated rings. The third-order valence-electron chi connectivity index (χ3n) is 3.69. The van der Waals surface area contributed by atoms with Crippen LogP contribution in [0.2, 0.25) is 0 Å². The molecule has 2 heterocycles. The van der Waals surface area contributed by atoms with E-state index in [1.165, 1.54) is 22.6 Å². The van der Waals surface area contributed by atoms with E-state index in [0.29, 0.717) is 13.1 Å². The molecule has 1 amide bonds. The summed E-state index contributed by atoms with van der Waals surface area (Å²) in [5.41, 5.74) is 1.70. The Bertz CT molecular complexity index is 750. The fourth-order valence-electron chi connectivity index (χ4n) is 2.47. The van der Waals surface area contributed by atoms with Gasteiger partial charge in [-0.15, -0.1) is 11.3 Å². The molecule has 1 aliphatic heterocycles. The molecule has 1 aromatic heterocycles. The molecule has 0 atom stereocenters. The third-order valence-corrected chi connectivity index (χ3v) is 4.71. The van der Waals surface area contributed by atoms with Crippen molar-refractivity contribution in [2.45, 2.75) is 13.0 Å². The Hall–Kier alpha value is -2.39. The number of carbonyl (C=O) groups is 1. The fourth-order valence-corrected chi connectivity index (χ4v) is 3.36.